The molecule has 0 unspecified atom stereocenters. The van der Waals surface area contributed by atoms with Gasteiger partial charge < -0.3 is 24.4 Å². The highest BCUT2D eigenvalue weighted by atomic mass is 32.1. The molecule has 0 aromatic carbocycles. The minimum absolute atomic E-state index is 0.176. The molecule has 0 bridgehead atoms. The van der Waals surface area contributed by atoms with E-state index in [-0.39, 0.29) is 13.2 Å². The topological polar surface area (TPSA) is 68.2 Å². The van der Waals surface area contributed by atoms with Gasteiger partial charge in [0.1, 0.15) is 12.2 Å². The number of aliphatic hydroxyl groups is 2. The molecule has 1 rings (SSSR count). The first-order valence-corrected chi connectivity index (χ1v) is 16.1. The van der Waals surface area contributed by atoms with Crippen molar-refractivity contribution < 1.29 is 24.4 Å². The van der Waals surface area contributed by atoms with E-state index in [0.29, 0.717) is 22.9 Å². The Morgan fingerprint density at radius 2 is 1.08 bits per heavy atom. The van der Waals surface area contributed by atoms with Crippen molar-refractivity contribution in [2.24, 2.45) is 0 Å². The maximum Gasteiger partial charge on any atom is 0.160 e. The number of hydrogen-bond donors (Lipinski definition) is 2. The Morgan fingerprint density at radius 1 is 0.676 bits per heavy atom. The van der Waals surface area contributed by atoms with Gasteiger partial charge in [0.15, 0.2) is 22.3 Å². The summed E-state index contributed by atoms with van der Waals surface area (Å²) in [5.74, 6) is 0. The summed E-state index contributed by atoms with van der Waals surface area (Å²) >= 11 is 10.9. The summed E-state index contributed by atoms with van der Waals surface area (Å²) in [5, 5.41) is 21.6. The first-order valence-electron chi connectivity index (χ1n) is 15.3. The molecule has 0 amide bonds. The molecule has 7 heteroatoms. The molecule has 1 fully saturated rings. The second-order valence-electron chi connectivity index (χ2n) is 10.7. The highest BCUT2D eigenvalue weighted by molar-refractivity contribution is 7.80. The van der Waals surface area contributed by atoms with Gasteiger partial charge in [0.05, 0.1) is 13.2 Å². The minimum Gasteiger partial charge on any atom is -0.479 e. The molecule has 0 aromatic heterocycles. The van der Waals surface area contributed by atoms with E-state index >= 15 is 0 Å². The van der Waals surface area contributed by atoms with Crippen LogP contribution in [0.3, 0.4) is 0 Å². The van der Waals surface area contributed by atoms with E-state index in [1.54, 1.807) is 0 Å². The van der Waals surface area contributed by atoms with Crippen LogP contribution in [-0.2, 0) is 14.2 Å². The lowest BCUT2D eigenvalue weighted by Crippen LogP contribution is -2.56. The Balaban J connectivity index is 2.25. The van der Waals surface area contributed by atoms with Crippen LogP contribution in [0.2, 0.25) is 0 Å². The predicted molar refractivity (Wildman–Crippen MR) is 161 cm³/mol. The van der Waals surface area contributed by atoms with Crippen LogP contribution in [-0.4, -0.2) is 57.9 Å². The molecule has 5 nitrogen and oxygen atoms in total. The second kappa shape index (κ2) is 23.5. The Morgan fingerprint density at radius 3 is 1.51 bits per heavy atom. The molecule has 0 aliphatic carbocycles. The van der Waals surface area contributed by atoms with E-state index in [1.165, 1.54) is 89.9 Å². The Kier molecular flexibility index (Phi) is 22.1. The number of ether oxygens (including phenoxy) is 3. The Labute approximate surface area is 238 Å². The van der Waals surface area contributed by atoms with Crippen molar-refractivity contribution >= 4 is 34.5 Å². The predicted octanol–water partition coefficient (Wildman–Crippen LogP) is 8.01. The molecular weight excluding hydrogens is 504 g/mol. The normalized spacial score (nSPS) is 21.6. The zero-order valence-corrected chi connectivity index (χ0v) is 25.4. The van der Waals surface area contributed by atoms with Crippen LogP contribution < -0.4 is 0 Å². The summed E-state index contributed by atoms with van der Waals surface area (Å²) in [5.41, 5.74) is 0. The zero-order valence-electron chi connectivity index (χ0n) is 23.8. The summed E-state index contributed by atoms with van der Waals surface area (Å²) in [4.78, 5) is 0. The van der Waals surface area contributed by atoms with Gasteiger partial charge in [-0.05, 0) is 37.3 Å². The van der Waals surface area contributed by atoms with E-state index in [0.717, 1.165) is 25.7 Å². The summed E-state index contributed by atoms with van der Waals surface area (Å²) < 4.78 is 17.6. The number of aliphatic hydroxyl groups excluding tert-OH is 2. The van der Waals surface area contributed by atoms with Crippen LogP contribution >= 0.6 is 24.4 Å². The lowest BCUT2D eigenvalue weighted by molar-refractivity contribution is -0.186. The van der Waals surface area contributed by atoms with Gasteiger partial charge in [-0.15, -0.1) is 0 Å². The van der Waals surface area contributed by atoms with Gasteiger partial charge in [-0.25, -0.2) is 0 Å². The SMILES string of the molecule is CCCCCCCCCCCC(=S)O[C@H]1[C@H](O)[C@@H](OC(=S)CCCCCCCCCCC)CO[C@@H]1CO. The molecule has 1 aliphatic rings. The van der Waals surface area contributed by atoms with Gasteiger partial charge in [0, 0.05) is 12.8 Å². The summed E-state index contributed by atoms with van der Waals surface area (Å²) in [6.07, 6.45) is 21.0. The van der Waals surface area contributed by atoms with Gasteiger partial charge in [-0.3, -0.25) is 0 Å². The third kappa shape index (κ3) is 17.1. The third-order valence-electron chi connectivity index (χ3n) is 7.26. The third-order valence-corrected chi connectivity index (χ3v) is 7.86. The number of thiocarbonyl (C=S) groups is 2. The van der Waals surface area contributed by atoms with Crippen molar-refractivity contribution in [1.29, 1.82) is 0 Å². The fourth-order valence-corrected chi connectivity index (χ4v) is 5.37. The fraction of sp³-hybridized carbons (Fsp3) is 0.933. The summed E-state index contributed by atoms with van der Waals surface area (Å²) in [6.45, 7) is 4.43. The minimum atomic E-state index is -0.951. The summed E-state index contributed by atoms with van der Waals surface area (Å²) in [7, 11) is 0. The number of unbranched alkanes of at least 4 members (excludes halogenated alkanes) is 16. The van der Waals surface area contributed by atoms with E-state index in [9.17, 15) is 10.2 Å². The lowest BCUT2D eigenvalue weighted by Gasteiger charge is -2.39. The standard InChI is InChI=1S/C30H56O5S2/c1-3-5-7-9-11-13-15-17-19-21-27(36)34-26-24-33-25(23-31)30(29(26)32)35-28(37)22-20-18-16-14-12-10-8-6-4-2/h25-26,29-32H,3-24H2,1-2H3/t25-,26+,29-,30-/m1/s1. The zero-order chi connectivity index (χ0) is 27.1. The van der Waals surface area contributed by atoms with Gasteiger partial charge in [0.25, 0.3) is 0 Å². The Hall–Kier alpha value is -0.340. The fourth-order valence-electron chi connectivity index (χ4n) is 4.85. The van der Waals surface area contributed by atoms with Crippen LogP contribution in [0.4, 0.5) is 0 Å². The summed E-state index contributed by atoms with van der Waals surface area (Å²) in [6, 6.07) is 0. The van der Waals surface area contributed by atoms with E-state index < -0.39 is 24.4 Å². The highest BCUT2D eigenvalue weighted by Gasteiger charge is 2.42. The van der Waals surface area contributed by atoms with Crippen molar-refractivity contribution in [1.82, 2.24) is 0 Å². The first kappa shape index (κ1) is 34.7. The van der Waals surface area contributed by atoms with Crippen molar-refractivity contribution in [3.63, 3.8) is 0 Å². The smallest absolute Gasteiger partial charge is 0.160 e. The van der Waals surface area contributed by atoms with E-state index in [2.05, 4.69) is 13.8 Å². The molecule has 1 heterocycles. The van der Waals surface area contributed by atoms with E-state index in [4.69, 9.17) is 38.6 Å². The second-order valence-corrected chi connectivity index (χ2v) is 11.6. The van der Waals surface area contributed by atoms with Gasteiger partial charge >= 0.3 is 0 Å². The van der Waals surface area contributed by atoms with Crippen LogP contribution in [0.1, 0.15) is 142 Å². The quantitative estimate of drug-likeness (QED) is 0.0969. The molecule has 0 aromatic rings. The molecule has 1 saturated heterocycles. The van der Waals surface area contributed by atoms with Crippen molar-refractivity contribution in [3.8, 4) is 0 Å². The maximum atomic E-state index is 10.9. The van der Waals surface area contributed by atoms with Crippen LogP contribution in [0.15, 0.2) is 0 Å². The van der Waals surface area contributed by atoms with Crippen molar-refractivity contribution in [3.05, 3.63) is 0 Å². The van der Waals surface area contributed by atoms with E-state index in [1.807, 2.05) is 0 Å². The van der Waals surface area contributed by atoms with Crippen molar-refractivity contribution in [2.75, 3.05) is 13.2 Å². The average Bonchev–Trinajstić information content (AvgIpc) is 2.89. The number of rotatable bonds is 23. The molecule has 1 aliphatic heterocycles. The monoisotopic (exact) mass is 560 g/mol. The van der Waals surface area contributed by atoms with Gasteiger partial charge in [-0.1, -0.05) is 117 Å². The largest absolute Gasteiger partial charge is 0.479 e. The molecule has 37 heavy (non-hydrogen) atoms. The van der Waals surface area contributed by atoms with Crippen LogP contribution in [0.25, 0.3) is 0 Å². The molecule has 0 spiro atoms. The molecule has 2 N–H and O–H groups in total. The highest BCUT2D eigenvalue weighted by Crippen LogP contribution is 2.23. The maximum absolute atomic E-state index is 10.9. The molecule has 0 saturated carbocycles. The van der Waals surface area contributed by atoms with Crippen LogP contribution in [0, 0.1) is 0 Å². The Bertz CT molecular complexity index is 574. The lowest BCUT2D eigenvalue weighted by atomic mass is 10.00. The molecule has 218 valence electrons. The molecule has 4 atom stereocenters. The van der Waals surface area contributed by atoms with Crippen LogP contribution in [0.5, 0.6) is 0 Å². The van der Waals surface area contributed by atoms with Gasteiger partial charge in [-0.2, -0.15) is 0 Å². The van der Waals surface area contributed by atoms with Gasteiger partial charge in [0.2, 0.25) is 0 Å². The van der Waals surface area contributed by atoms with Crippen molar-refractivity contribution in [2.45, 2.75) is 167 Å². The first-order chi connectivity index (χ1) is 18.0. The number of hydrogen-bond acceptors (Lipinski definition) is 7. The molecule has 0 radical (unpaired) electrons. The molecular formula is C30H56O5S2. The average molecular weight is 561 g/mol.